The summed E-state index contributed by atoms with van der Waals surface area (Å²) in [5.41, 5.74) is 2.62. The maximum absolute atomic E-state index is 9.10. The van der Waals surface area contributed by atoms with Crippen LogP contribution in [0.4, 0.5) is 0 Å². The number of hydrogen-bond donors (Lipinski definition) is 2. The predicted molar refractivity (Wildman–Crippen MR) is 117 cm³/mol. The van der Waals surface area contributed by atoms with Gasteiger partial charge in [0.2, 0.25) is 0 Å². The van der Waals surface area contributed by atoms with E-state index in [1.165, 1.54) is 11.1 Å². The Labute approximate surface area is 185 Å². The Balaban J connectivity index is 0.000000401. The van der Waals surface area contributed by atoms with Crippen molar-refractivity contribution in [1.82, 2.24) is 4.90 Å². The predicted octanol–water partition coefficient (Wildman–Crippen LogP) is 4.35. The van der Waals surface area contributed by atoms with Crippen molar-refractivity contribution in [2.45, 2.75) is 12.1 Å². The summed E-state index contributed by atoms with van der Waals surface area (Å²) in [7, 11) is 0. The minimum Gasteiger partial charge on any atom is -0.486 e. The first-order valence-corrected chi connectivity index (χ1v) is 10.0. The standard InChI is InChI=1S/C22H20ClNO.C2H2O4/c23-20-13-7-8-14-21(20)25-19-15-24(16-19)22(17-9-3-1-4-10-17)18-11-5-2-6-12-18;3-1(4)2(5)6/h1-14,19,22H,15-16H2;(H,3,4)(H,5,6). The van der Waals surface area contributed by atoms with Gasteiger partial charge in [0.1, 0.15) is 11.9 Å². The van der Waals surface area contributed by atoms with Crippen LogP contribution in [-0.4, -0.2) is 46.2 Å². The van der Waals surface area contributed by atoms with Gasteiger partial charge in [-0.3, -0.25) is 4.90 Å². The van der Waals surface area contributed by atoms with E-state index >= 15 is 0 Å². The Bertz CT molecular complexity index is 955. The maximum atomic E-state index is 9.10. The van der Waals surface area contributed by atoms with Crippen molar-refractivity contribution in [1.29, 1.82) is 0 Å². The molecule has 31 heavy (non-hydrogen) atoms. The second kappa shape index (κ2) is 10.6. The number of nitrogens with zero attached hydrogens (tertiary/aromatic N) is 1. The van der Waals surface area contributed by atoms with Crippen LogP contribution in [0.5, 0.6) is 5.75 Å². The molecule has 1 saturated heterocycles. The Hall–Kier alpha value is -3.35. The maximum Gasteiger partial charge on any atom is 0.414 e. The van der Waals surface area contributed by atoms with Crippen LogP contribution in [0.15, 0.2) is 84.9 Å². The topological polar surface area (TPSA) is 87.1 Å². The Morgan fingerprint density at radius 2 is 1.26 bits per heavy atom. The largest absolute Gasteiger partial charge is 0.486 e. The third kappa shape index (κ3) is 6.07. The van der Waals surface area contributed by atoms with Gasteiger partial charge in [0.05, 0.1) is 11.1 Å². The highest BCUT2D eigenvalue weighted by Crippen LogP contribution is 2.34. The van der Waals surface area contributed by atoms with Crippen molar-refractivity contribution in [2.24, 2.45) is 0 Å². The van der Waals surface area contributed by atoms with Gasteiger partial charge in [0.25, 0.3) is 0 Å². The third-order valence-electron chi connectivity index (χ3n) is 4.79. The lowest BCUT2D eigenvalue weighted by Gasteiger charge is -2.44. The number of carboxylic acid groups (broad SMARTS) is 2. The number of carboxylic acids is 2. The highest BCUT2D eigenvalue weighted by Gasteiger charge is 2.35. The van der Waals surface area contributed by atoms with Gasteiger partial charge < -0.3 is 14.9 Å². The first kappa shape index (κ1) is 22.3. The molecule has 3 aromatic carbocycles. The van der Waals surface area contributed by atoms with Gasteiger partial charge in [-0.2, -0.15) is 0 Å². The molecular weight excluding hydrogens is 418 g/mol. The highest BCUT2D eigenvalue weighted by molar-refractivity contribution is 6.32. The van der Waals surface area contributed by atoms with Crippen LogP contribution in [0.25, 0.3) is 0 Å². The lowest BCUT2D eigenvalue weighted by atomic mass is 9.94. The molecule has 0 bridgehead atoms. The van der Waals surface area contributed by atoms with E-state index in [1.54, 1.807) is 0 Å². The molecule has 0 radical (unpaired) electrons. The van der Waals surface area contributed by atoms with Gasteiger partial charge in [-0.05, 0) is 23.3 Å². The molecule has 3 aromatic rings. The molecule has 7 heteroatoms. The fourth-order valence-corrected chi connectivity index (χ4v) is 3.54. The summed E-state index contributed by atoms with van der Waals surface area (Å²) in [6, 6.07) is 29.2. The summed E-state index contributed by atoms with van der Waals surface area (Å²) >= 11 is 6.20. The van der Waals surface area contributed by atoms with Gasteiger partial charge in [-0.1, -0.05) is 84.4 Å². The lowest BCUT2D eigenvalue weighted by Crippen LogP contribution is -2.55. The molecule has 1 aliphatic rings. The van der Waals surface area contributed by atoms with Gasteiger partial charge in [0.15, 0.2) is 0 Å². The number of para-hydroxylation sites is 1. The molecule has 0 aromatic heterocycles. The zero-order valence-electron chi connectivity index (χ0n) is 16.6. The Morgan fingerprint density at radius 1 is 0.806 bits per heavy atom. The summed E-state index contributed by atoms with van der Waals surface area (Å²) in [5.74, 6) is -2.88. The van der Waals surface area contributed by atoms with E-state index in [1.807, 2.05) is 24.3 Å². The minimum absolute atomic E-state index is 0.176. The molecule has 1 fully saturated rings. The molecule has 1 aliphatic heterocycles. The highest BCUT2D eigenvalue weighted by atomic mass is 35.5. The number of hydrogen-bond acceptors (Lipinski definition) is 4. The second-order valence-electron chi connectivity index (χ2n) is 6.96. The van der Waals surface area contributed by atoms with Crippen LogP contribution in [-0.2, 0) is 9.59 Å². The molecule has 160 valence electrons. The summed E-state index contributed by atoms with van der Waals surface area (Å²) in [5, 5.41) is 15.5. The smallest absolute Gasteiger partial charge is 0.414 e. The Morgan fingerprint density at radius 3 is 1.71 bits per heavy atom. The van der Waals surface area contributed by atoms with Crippen LogP contribution < -0.4 is 4.74 Å². The monoisotopic (exact) mass is 439 g/mol. The van der Waals surface area contributed by atoms with Crippen LogP contribution in [0.1, 0.15) is 17.2 Å². The molecule has 0 unspecified atom stereocenters. The number of rotatable bonds is 5. The average Bonchev–Trinajstić information content (AvgIpc) is 2.75. The van der Waals surface area contributed by atoms with E-state index in [4.69, 9.17) is 36.1 Å². The van der Waals surface area contributed by atoms with E-state index < -0.39 is 11.9 Å². The molecule has 6 nitrogen and oxygen atoms in total. The molecule has 0 aliphatic carbocycles. The fourth-order valence-electron chi connectivity index (χ4n) is 3.36. The van der Waals surface area contributed by atoms with Crippen LogP contribution in [0, 0.1) is 0 Å². The zero-order valence-corrected chi connectivity index (χ0v) is 17.4. The molecule has 1 heterocycles. The number of halogens is 1. The fraction of sp³-hybridized carbons (Fsp3) is 0.167. The first-order chi connectivity index (χ1) is 15.0. The summed E-state index contributed by atoms with van der Waals surface area (Å²) in [4.78, 5) is 20.6. The number of carbonyl (C=O) groups is 2. The number of benzene rings is 3. The number of likely N-dealkylation sites (tertiary alicyclic amines) is 1. The summed E-state index contributed by atoms with van der Waals surface area (Å²) in [6.45, 7) is 1.78. The molecule has 0 amide bonds. The van der Waals surface area contributed by atoms with Crippen molar-refractivity contribution in [3.63, 3.8) is 0 Å². The molecule has 4 rings (SSSR count). The second-order valence-corrected chi connectivity index (χ2v) is 7.37. The van der Waals surface area contributed by atoms with Crippen molar-refractivity contribution >= 4 is 23.5 Å². The van der Waals surface area contributed by atoms with Gasteiger partial charge >= 0.3 is 11.9 Å². The van der Waals surface area contributed by atoms with Crippen molar-refractivity contribution < 1.29 is 24.5 Å². The minimum atomic E-state index is -1.82. The molecule has 0 saturated carbocycles. The van der Waals surface area contributed by atoms with Crippen LogP contribution in [0.3, 0.4) is 0 Å². The lowest BCUT2D eigenvalue weighted by molar-refractivity contribution is -0.159. The Kier molecular flexibility index (Phi) is 7.65. The van der Waals surface area contributed by atoms with E-state index in [9.17, 15) is 0 Å². The van der Waals surface area contributed by atoms with Crippen LogP contribution >= 0.6 is 11.6 Å². The SMILES string of the molecule is Clc1ccccc1OC1CN(C(c2ccccc2)c2ccccc2)C1.O=C(O)C(=O)O. The van der Waals surface area contributed by atoms with E-state index in [-0.39, 0.29) is 12.1 Å². The zero-order chi connectivity index (χ0) is 22.2. The van der Waals surface area contributed by atoms with Crippen molar-refractivity contribution in [3.8, 4) is 5.75 Å². The van der Waals surface area contributed by atoms with Gasteiger partial charge in [-0.25, -0.2) is 9.59 Å². The van der Waals surface area contributed by atoms with Gasteiger partial charge in [-0.15, -0.1) is 0 Å². The van der Waals surface area contributed by atoms with Gasteiger partial charge in [0, 0.05) is 13.1 Å². The number of aliphatic carboxylic acids is 2. The van der Waals surface area contributed by atoms with Crippen molar-refractivity contribution in [3.05, 3.63) is 101 Å². The van der Waals surface area contributed by atoms with E-state index in [0.29, 0.717) is 5.02 Å². The normalized spacial score (nSPS) is 13.6. The van der Waals surface area contributed by atoms with Crippen molar-refractivity contribution in [2.75, 3.05) is 13.1 Å². The summed E-state index contributed by atoms with van der Waals surface area (Å²) < 4.78 is 6.06. The summed E-state index contributed by atoms with van der Waals surface area (Å²) in [6.07, 6.45) is 0.176. The van der Waals surface area contributed by atoms with E-state index in [2.05, 4.69) is 65.6 Å². The average molecular weight is 440 g/mol. The third-order valence-corrected chi connectivity index (χ3v) is 5.10. The molecule has 2 N–H and O–H groups in total. The first-order valence-electron chi connectivity index (χ1n) is 9.67. The molecule has 0 spiro atoms. The van der Waals surface area contributed by atoms with E-state index in [0.717, 1.165) is 18.8 Å². The number of ether oxygens (including phenoxy) is 1. The quantitative estimate of drug-likeness (QED) is 0.575. The molecule has 0 atom stereocenters. The molecular formula is C24H22ClNO5. The van der Waals surface area contributed by atoms with Crippen LogP contribution in [0.2, 0.25) is 5.02 Å².